The number of amides is 1. The van der Waals surface area contributed by atoms with Crippen LogP contribution in [0.2, 0.25) is 5.02 Å². The number of methoxy groups -OCH3 is 2. The summed E-state index contributed by atoms with van der Waals surface area (Å²) in [5.41, 5.74) is -0.823. The van der Waals surface area contributed by atoms with Crippen molar-refractivity contribution in [3.63, 3.8) is 0 Å². The molecule has 0 aliphatic rings. The van der Waals surface area contributed by atoms with E-state index in [1.807, 2.05) is 0 Å². The predicted octanol–water partition coefficient (Wildman–Crippen LogP) is 4.50. The lowest BCUT2D eigenvalue weighted by Crippen LogP contribution is -2.34. The molecule has 2 aromatic rings. The van der Waals surface area contributed by atoms with Crippen LogP contribution in [0.3, 0.4) is 0 Å². The Balaban J connectivity index is 2.16. The Bertz CT molecular complexity index is 875. The van der Waals surface area contributed by atoms with Crippen molar-refractivity contribution in [1.29, 1.82) is 0 Å². The number of hydrogen-bond donors (Lipinski definition) is 2. The van der Waals surface area contributed by atoms with Crippen LogP contribution in [0.4, 0.5) is 18.9 Å². The Kier molecular flexibility index (Phi) is 6.50. The van der Waals surface area contributed by atoms with E-state index in [1.165, 1.54) is 26.4 Å². The van der Waals surface area contributed by atoms with Crippen molar-refractivity contribution < 1.29 is 27.4 Å². The van der Waals surface area contributed by atoms with Crippen molar-refractivity contribution in [2.45, 2.75) is 6.18 Å². The molecule has 0 fully saturated rings. The fraction of sp³-hybridized carbons (Fsp3) is 0.176. The van der Waals surface area contributed by atoms with Gasteiger partial charge in [-0.2, -0.15) is 13.2 Å². The van der Waals surface area contributed by atoms with E-state index >= 15 is 0 Å². The molecule has 0 aromatic heterocycles. The Hall–Kier alpha value is -2.52. The molecule has 2 N–H and O–H groups in total. The number of benzene rings is 2. The smallest absolute Gasteiger partial charge is 0.416 e. The zero-order valence-electron chi connectivity index (χ0n) is 14.1. The molecule has 0 bridgehead atoms. The van der Waals surface area contributed by atoms with E-state index in [1.54, 1.807) is 6.07 Å². The standard InChI is InChI=1S/C17H14ClF3N2O3S/c1-25-10-4-5-11(14(8-10)26-2)15(24)23-16(27)22-13-7-9(17(19,20)21)3-6-12(13)18/h3-8H,1-2H3,(H2,22,23,24,27). The van der Waals surface area contributed by atoms with E-state index in [0.29, 0.717) is 5.75 Å². The van der Waals surface area contributed by atoms with Gasteiger partial charge in [-0.15, -0.1) is 0 Å². The highest BCUT2D eigenvalue weighted by Gasteiger charge is 2.31. The first-order valence-corrected chi connectivity index (χ1v) is 8.15. The highest BCUT2D eigenvalue weighted by atomic mass is 35.5. The van der Waals surface area contributed by atoms with Crippen molar-refractivity contribution >= 4 is 40.5 Å². The van der Waals surface area contributed by atoms with Gasteiger partial charge in [-0.3, -0.25) is 10.1 Å². The molecule has 0 spiro atoms. The van der Waals surface area contributed by atoms with Crippen LogP contribution in [0.25, 0.3) is 0 Å². The molecule has 0 heterocycles. The van der Waals surface area contributed by atoms with Gasteiger partial charge in [0.25, 0.3) is 5.91 Å². The molecule has 2 rings (SSSR count). The first kappa shape index (κ1) is 20.8. The van der Waals surface area contributed by atoms with Gasteiger partial charge in [0, 0.05) is 6.07 Å². The topological polar surface area (TPSA) is 59.6 Å². The molecule has 0 saturated heterocycles. The monoisotopic (exact) mass is 418 g/mol. The first-order valence-electron chi connectivity index (χ1n) is 7.36. The second-order valence-corrected chi connectivity index (χ2v) is 5.98. The summed E-state index contributed by atoms with van der Waals surface area (Å²) in [5, 5.41) is 4.64. The highest BCUT2D eigenvalue weighted by molar-refractivity contribution is 7.80. The van der Waals surface area contributed by atoms with E-state index in [0.717, 1.165) is 18.2 Å². The maximum Gasteiger partial charge on any atom is 0.416 e. The van der Waals surface area contributed by atoms with Gasteiger partial charge in [-0.25, -0.2) is 0 Å². The number of thiocarbonyl (C=S) groups is 1. The number of anilines is 1. The van der Waals surface area contributed by atoms with Gasteiger partial charge < -0.3 is 14.8 Å². The summed E-state index contributed by atoms with van der Waals surface area (Å²) in [6, 6.07) is 7.26. The molecule has 5 nitrogen and oxygen atoms in total. The lowest BCUT2D eigenvalue weighted by molar-refractivity contribution is -0.137. The molecule has 10 heteroatoms. The lowest BCUT2D eigenvalue weighted by Gasteiger charge is -2.14. The van der Waals surface area contributed by atoms with E-state index in [-0.39, 0.29) is 27.1 Å². The van der Waals surface area contributed by atoms with Crippen molar-refractivity contribution in [2.75, 3.05) is 19.5 Å². The summed E-state index contributed by atoms with van der Waals surface area (Å²) < 4.78 is 48.6. The quantitative estimate of drug-likeness (QED) is 0.716. The van der Waals surface area contributed by atoms with E-state index in [9.17, 15) is 18.0 Å². The van der Waals surface area contributed by atoms with Gasteiger partial charge >= 0.3 is 6.18 Å². The van der Waals surface area contributed by atoms with Crippen molar-refractivity contribution in [3.05, 3.63) is 52.5 Å². The second-order valence-electron chi connectivity index (χ2n) is 5.17. The van der Waals surface area contributed by atoms with Gasteiger partial charge in [0.15, 0.2) is 5.11 Å². The minimum absolute atomic E-state index is 0.0154. The van der Waals surface area contributed by atoms with Gasteiger partial charge in [0.2, 0.25) is 0 Å². The Morgan fingerprint density at radius 1 is 1.11 bits per heavy atom. The van der Waals surface area contributed by atoms with Crippen molar-refractivity contribution in [1.82, 2.24) is 5.32 Å². The lowest BCUT2D eigenvalue weighted by atomic mass is 10.1. The summed E-state index contributed by atoms with van der Waals surface area (Å²) in [6.07, 6.45) is -4.54. The maximum atomic E-state index is 12.8. The van der Waals surface area contributed by atoms with Crippen LogP contribution in [0.5, 0.6) is 11.5 Å². The number of halogens is 4. The number of hydrogen-bond acceptors (Lipinski definition) is 4. The molecule has 2 aromatic carbocycles. The number of ether oxygens (including phenoxy) is 2. The zero-order chi connectivity index (χ0) is 20.2. The van der Waals surface area contributed by atoms with E-state index < -0.39 is 17.6 Å². The average Bonchev–Trinajstić information content (AvgIpc) is 2.61. The molecule has 0 atom stereocenters. The molecule has 1 amide bonds. The summed E-state index contributed by atoms with van der Waals surface area (Å²) >= 11 is 10.9. The Morgan fingerprint density at radius 2 is 1.81 bits per heavy atom. The number of nitrogens with one attached hydrogen (secondary N) is 2. The predicted molar refractivity (Wildman–Crippen MR) is 99.7 cm³/mol. The van der Waals surface area contributed by atoms with Crippen LogP contribution < -0.4 is 20.1 Å². The molecule has 0 aliphatic carbocycles. The first-order chi connectivity index (χ1) is 12.7. The van der Waals surface area contributed by atoms with Crippen LogP contribution in [0.15, 0.2) is 36.4 Å². The van der Waals surface area contributed by atoms with Crippen LogP contribution in [-0.2, 0) is 6.18 Å². The van der Waals surface area contributed by atoms with Gasteiger partial charge in [0.1, 0.15) is 11.5 Å². The maximum absolute atomic E-state index is 12.8. The van der Waals surface area contributed by atoms with Gasteiger partial charge in [-0.1, -0.05) is 11.6 Å². The van der Waals surface area contributed by atoms with Gasteiger partial charge in [0.05, 0.1) is 36.1 Å². The van der Waals surface area contributed by atoms with Gasteiger partial charge in [-0.05, 0) is 42.5 Å². The summed E-state index contributed by atoms with van der Waals surface area (Å²) in [6.45, 7) is 0. The number of carbonyl (C=O) groups excluding carboxylic acids is 1. The summed E-state index contributed by atoms with van der Waals surface area (Å²) in [4.78, 5) is 12.4. The van der Waals surface area contributed by atoms with Crippen LogP contribution in [-0.4, -0.2) is 25.2 Å². The fourth-order valence-electron chi connectivity index (χ4n) is 2.11. The Morgan fingerprint density at radius 3 is 2.41 bits per heavy atom. The van der Waals surface area contributed by atoms with E-state index in [2.05, 4.69) is 10.6 Å². The molecule has 144 valence electrons. The third kappa shape index (κ3) is 5.24. The number of rotatable bonds is 4. The third-order valence-electron chi connectivity index (χ3n) is 3.42. The summed E-state index contributed by atoms with van der Waals surface area (Å²) in [7, 11) is 2.84. The van der Waals surface area contributed by atoms with Crippen LogP contribution in [0.1, 0.15) is 15.9 Å². The van der Waals surface area contributed by atoms with Crippen molar-refractivity contribution in [2.24, 2.45) is 0 Å². The number of carbonyl (C=O) groups is 1. The molecule has 0 aliphatic heterocycles. The number of alkyl halides is 3. The van der Waals surface area contributed by atoms with Crippen LogP contribution >= 0.6 is 23.8 Å². The molecule has 0 radical (unpaired) electrons. The Labute approximate surface area is 163 Å². The SMILES string of the molecule is COc1ccc(C(=O)NC(=S)Nc2cc(C(F)(F)F)ccc2Cl)c(OC)c1. The molecular formula is C17H14ClF3N2O3S. The average molecular weight is 419 g/mol. The summed E-state index contributed by atoms with van der Waals surface area (Å²) in [5.74, 6) is 0.113. The van der Waals surface area contributed by atoms with Crippen LogP contribution in [0, 0.1) is 0 Å². The normalized spacial score (nSPS) is 10.9. The molecular weight excluding hydrogens is 405 g/mol. The molecule has 0 unspecified atom stereocenters. The zero-order valence-corrected chi connectivity index (χ0v) is 15.7. The van der Waals surface area contributed by atoms with Crippen molar-refractivity contribution in [3.8, 4) is 11.5 Å². The highest BCUT2D eigenvalue weighted by Crippen LogP contribution is 2.33. The minimum Gasteiger partial charge on any atom is -0.497 e. The largest absolute Gasteiger partial charge is 0.497 e. The molecule has 0 saturated carbocycles. The second kappa shape index (κ2) is 8.45. The molecule has 27 heavy (non-hydrogen) atoms. The third-order valence-corrected chi connectivity index (χ3v) is 3.96. The fourth-order valence-corrected chi connectivity index (χ4v) is 2.47. The van der Waals surface area contributed by atoms with E-state index in [4.69, 9.17) is 33.3 Å². The minimum atomic E-state index is -4.54.